The van der Waals surface area contributed by atoms with E-state index in [1.807, 2.05) is 0 Å². The third kappa shape index (κ3) is 6.66. The lowest BCUT2D eigenvalue weighted by Gasteiger charge is -2.13. The Hall–Kier alpha value is -3.30. The van der Waals surface area contributed by atoms with E-state index < -0.39 is 30.4 Å². The molecule has 3 N–H and O–H groups in total. The van der Waals surface area contributed by atoms with Crippen LogP contribution < -0.4 is 20.5 Å². The van der Waals surface area contributed by atoms with Gasteiger partial charge in [-0.2, -0.15) is 13.2 Å². The fraction of sp³-hybridized carbons (Fsp3) is 0.263. The van der Waals surface area contributed by atoms with Crippen molar-refractivity contribution in [2.75, 3.05) is 19.0 Å². The topological polar surface area (TPSA) is 90.6 Å². The Morgan fingerprint density at radius 3 is 2.45 bits per heavy atom. The van der Waals surface area contributed by atoms with Crippen molar-refractivity contribution in [1.82, 2.24) is 0 Å². The van der Waals surface area contributed by atoms with Crippen molar-refractivity contribution in [3.8, 4) is 11.5 Å². The number of nitrogens with one attached hydrogen (secondary N) is 1. The average Bonchev–Trinajstić information content (AvgIpc) is 2.65. The summed E-state index contributed by atoms with van der Waals surface area (Å²) in [6.07, 6.45) is -4.20. The van der Waals surface area contributed by atoms with Gasteiger partial charge in [-0.15, -0.1) is 0 Å². The number of carbonyl (C=O) groups is 2. The quantitative estimate of drug-likeness (QED) is 0.648. The lowest BCUT2D eigenvalue weighted by molar-refractivity contribution is -0.153. The fourth-order valence-corrected chi connectivity index (χ4v) is 2.42. The van der Waals surface area contributed by atoms with Crippen molar-refractivity contribution < 1.29 is 36.6 Å². The molecule has 0 saturated carbocycles. The second-order valence-corrected chi connectivity index (χ2v) is 6.00. The summed E-state index contributed by atoms with van der Waals surface area (Å²) in [5.74, 6) is -2.13. The van der Waals surface area contributed by atoms with E-state index in [9.17, 15) is 27.2 Å². The zero-order valence-corrected chi connectivity index (χ0v) is 15.3. The van der Waals surface area contributed by atoms with Gasteiger partial charge in [-0.3, -0.25) is 9.59 Å². The molecular formula is C19H18F4N2O4. The molecular weight excluding hydrogens is 396 g/mol. The average molecular weight is 414 g/mol. The Bertz CT molecular complexity index is 900. The van der Waals surface area contributed by atoms with Crippen molar-refractivity contribution >= 4 is 17.5 Å². The number of amides is 2. The van der Waals surface area contributed by atoms with E-state index in [1.165, 1.54) is 31.4 Å². The highest BCUT2D eigenvalue weighted by Gasteiger charge is 2.29. The number of ether oxygens (including phenoxy) is 2. The lowest BCUT2D eigenvalue weighted by atomic mass is 10.1. The third-order valence-electron chi connectivity index (χ3n) is 3.78. The number of nitrogens with two attached hydrogens (primary N) is 1. The molecule has 156 valence electrons. The van der Waals surface area contributed by atoms with Crippen LogP contribution >= 0.6 is 0 Å². The molecule has 0 aliphatic heterocycles. The van der Waals surface area contributed by atoms with Crippen LogP contribution in [0.5, 0.6) is 11.5 Å². The molecule has 6 nitrogen and oxygen atoms in total. The van der Waals surface area contributed by atoms with Gasteiger partial charge in [0.25, 0.3) is 5.91 Å². The number of rotatable bonds is 8. The molecule has 0 aliphatic rings. The van der Waals surface area contributed by atoms with Gasteiger partial charge >= 0.3 is 6.18 Å². The van der Waals surface area contributed by atoms with E-state index in [4.69, 9.17) is 15.2 Å². The molecule has 0 bridgehead atoms. The highest BCUT2D eigenvalue weighted by molar-refractivity contribution is 5.96. The molecule has 10 heteroatoms. The molecule has 0 heterocycles. The summed E-state index contributed by atoms with van der Waals surface area (Å²) in [5, 5.41) is 2.52. The molecule has 0 fully saturated rings. The van der Waals surface area contributed by atoms with Gasteiger partial charge in [0.1, 0.15) is 5.82 Å². The van der Waals surface area contributed by atoms with Crippen LogP contribution in [0.4, 0.5) is 23.2 Å². The van der Waals surface area contributed by atoms with Gasteiger partial charge in [-0.25, -0.2) is 4.39 Å². The van der Waals surface area contributed by atoms with Gasteiger partial charge < -0.3 is 20.5 Å². The number of benzene rings is 2. The Balaban J connectivity index is 1.98. The van der Waals surface area contributed by atoms with Crippen LogP contribution in [0.2, 0.25) is 0 Å². The number of alkyl halides is 3. The molecule has 0 unspecified atom stereocenters. The van der Waals surface area contributed by atoms with Gasteiger partial charge in [0.05, 0.1) is 12.7 Å². The number of hydrogen-bond acceptors (Lipinski definition) is 4. The molecule has 2 aromatic carbocycles. The number of anilines is 1. The second kappa shape index (κ2) is 9.26. The smallest absolute Gasteiger partial charge is 0.422 e. The maximum Gasteiger partial charge on any atom is 0.422 e. The number of carbonyl (C=O) groups excluding carboxylic acids is 2. The molecule has 0 radical (unpaired) electrons. The van der Waals surface area contributed by atoms with E-state index >= 15 is 0 Å². The molecule has 0 atom stereocenters. The predicted octanol–water partition coefficient (Wildman–Crippen LogP) is 3.45. The van der Waals surface area contributed by atoms with Crippen molar-refractivity contribution in [1.29, 1.82) is 0 Å². The number of methoxy groups -OCH3 is 1. The summed E-state index contributed by atoms with van der Waals surface area (Å²) in [5.41, 5.74) is 5.55. The maximum atomic E-state index is 13.5. The van der Waals surface area contributed by atoms with E-state index in [0.29, 0.717) is 5.56 Å². The normalized spacial score (nSPS) is 11.1. The van der Waals surface area contributed by atoms with Gasteiger partial charge in [0.2, 0.25) is 5.91 Å². The van der Waals surface area contributed by atoms with E-state index in [0.717, 1.165) is 12.1 Å². The SMILES string of the molecule is COc1cc(CCC(=O)Nc2ccc(F)c(C(N)=O)c2)ccc1OCC(F)(F)F. The summed E-state index contributed by atoms with van der Waals surface area (Å²) < 4.78 is 60.0. The van der Waals surface area contributed by atoms with Crippen LogP contribution in [-0.4, -0.2) is 31.7 Å². The number of hydrogen-bond donors (Lipinski definition) is 2. The van der Waals surface area contributed by atoms with Crippen LogP contribution in [0.3, 0.4) is 0 Å². The minimum atomic E-state index is -4.48. The predicted molar refractivity (Wildman–Crippen MR) is 96.4 cm³/mol. The molecule has 0 aromatic heterocycles. The van der Waals surface area contributed by atoms with Crippen molar-refractivity contribution in [2.24, 2.45) is 5.73 Å². The molecule has 2 amide bonds. The highest BCUT2D eigenvalue weighted by atomic mass is 19.4. The Morgan fingerprint density at radius 2 is 1.83 bits per heavy atom. The van der Waals surface area contributed by atoms with Crippen LogP contribution in [0.25, 0.3) is 0 Å². The first kappa shape index (κ1) is 22.0. The highest BCUT2D eigenvalue weighted by Crippen LogP contribution is 2.30. The standard InChI is InChI=1S/C19H18F4N2O4/c1-28-16-8-11(2-6-15(16)29-10-19(21,22)23)3-7-17(26)25-12-4-5-14(20)13(9-12)18(24)27/h2,4-6,8-9H,3,7,10H2,1H3,(H2,24,27)(H,25,26). The Kier molecular flexibility index (Phi) is 7.03. The van der Waals surface area contributed by atoms with Crippen molar-refractivity contribution in [3.05, 3.63) is 53.3 Å². The maximum absolute atomic E-state index is 13.5. The minimum Gasteiger partial charge on any atom is -0.493 e. The first-order chi connectivity index (χ1) is 13.6. The molecule has 29 heavy (non-hydrogen) atoms. The Labute approximate surface area is 163 Å². The second-order valence-electron chi connectivity index (χ2n) is 6.00. The monoisotopic (exact) mass is 414 g/mol. The summed E-state index contributed by atoms with van der Waals surface area (Å²) in [6, 6.07) is 7.75. The molecule has 0 spiro atoms. The zero-order chi connectivity index (χ0) is 21.6. The summed E-state index contributed by atoms with van der Waals surface area (Å²) in [6.45, 7) is -1.45. The van der Waals surface area contributed by atoms with Gasteiger partial charge in [-0.1, -0.05) is 6.07 Å². The van der Waals surface area contributed by atoms with Crippen LogP contribution in [0, 0.1) is 5.82 Å². The fourth-order valence-electron chi connectivity index (χ4n) is 2.42. The van der Waals surface area contributed by atoms with Crippen LogP contribution in [-0.2, 0) is 11.2 Å². The number of halogens is 4. The first-order valence-corrected chi connectivity index (χ1v) is 8.34. The summed E-state index contributed by atoms with van der Waals surface area (Å²) in [7, 11) is 1.29. The first-order valence-electron chi connectivity index (χ1n) is 8.34. The zero-order valence-electron chi connectivity index (χ0n) is 15.3. The van der Waals surface area contributed by atoms with Crippen LogP contribution in [0.1, 0.15) is 22.3 Å². The van der Waals surface area contributed by atoms with Gasteiger partial charge in [0.15, 0.2) is 18.1 Å². The van der Waals surface area contributed by atoms with Gasteiger partial charge in [0, 0.05) is 12.1 Å². The van der Waals surface area contributed by atoms with Crippen molar-refractivity contribution in [3.63, 3.8) is 0 Å². The third-order valence-corrected chi connectivity index (χ3v) is 3.78. The Morgan fingerprint density at radius 1 is 1.10 bits per heavy atom. The van der Waals surface area contributed by atoms with Gasteiger partial charge in [-0.05, 0) is 42.3 Å². The largest absolute Gasteiger partial charge is 0.493 e. The van der Waals surface area contributed by atoms with E-state index in [-0.39, 0.29) is 35.6 Å². The van der Waals surface area contributed by atoms with Crippen molar-refractivity contribution in [2.45, 2.75) is 19.0 Å². The number of aryl methyl sites for hydroxylation is 1. The number of primary amides is 1. The summed E-state index contributed by atoms with van der Waals surface area (Å²) >= 11 is 0. The van der Waals surface area contributed by atoms with E-state index in [2.05, 4.69) is 5.32 Å². The minimum absolute atomic E-state index is 0.0230. The summed E-state index contributed by atoms with van der Waals surface area (Å²) in [4.78, 5) is 23.2. The molecule has 2 rings (SSSR count). The van der Waals surface area contributed by atoms with Crippen LogP contribution in [0.15, 0.2) is 36.4 Å². The van der Waals surface area contributed by atoms with E-state index in [1.54, 1.807) is 0 Å². The molecule has 0 saturated heterocycles. The lowest BCUT2D eigenvalue weighted by Crippen LogP contribution is -2.19. The molecule has 2 aromatic rings. The molecule has 0 aliphatic carbocycles.